The van der Waals surface area contributed by atoms with Crippen molar-refractivity contribution in [2.24, 2.45) is 0 Å². The number of hydrogen-bond acceptors (Lipinski definition) is 3. The van der Waals surface area contributed by atoms with Gasteiger partial charge in [-0.3, -0.25) is 4.98 Å². The van der Waals surface area contributed by atoms with Gasteiger partial charge in [0.15, 0.2) is 0 Å². The molecule has 1 fully saturated rings. The van der Waals surface area contributed by atoms with E-state index in [0.717, 1.165) is 13.0 Å². The molecular weight excluding hydrogens is 248 g/mol. The number of ether oxygens (including phenoxy) is 1. The molecule has 0 radical (unpaired) electrons. The molecule has 0 saturated heterocycles. The van der Waals surface area contributed by atoms with E-state index >= 15 is 0 Å². The van der Waals surface area contributed by atoms with Gasteiger partial charge in [-0.2, -0.15) is 0 Å². The van der Waals surface area contributed by atoms with Crippen LogP contribution in [0.4, 0.5) is 0 Å². The molecule has 1 aromatic heterocycles. The van der Waals surface area contributed by atoms with Crippen molar-refractivity contribution in [3.63, 3.8) is 0 Å². The van der Waals surface area contributed by atoms with E-state index in [0.29, 0.717) is 17.9 Å². The van der Waals surface area contributed by atoms with Gasteiger partial charge in [-0.1, -0.05) is 19.9 Å². The predicted octanol–water partition coefficient (Wildman–Crippen LogP) is 3.55. The average Bonchev–Trinajstić information content (AvgIpc) is 2.86. The molecule has 0 bridgehead atoms. The Bertz CT molecular complexity index is 443. The zero-order valence-corrected chi connectivity index (χ0v) is 13.5. The molecule has 1 heterocycles. The summed E-state index contributed by atoms with van der Waals surface area (Å²) in [5.41, 5.74) is 3.89. The molecular formula is C17H28N2O. The van der Waals surface area contributed by atoms with E-state index in [1.165, 1.54) is 29.8 Å². The van der Waals surface area contributed by atoms with Crippen LogP contribution < -0.4 is 0 Å². The van der Waals surface area contributed by atoms with Gasteiger partial charge in [0.2, 0.25) is 0 Å². The smallest absolute Gasteiger partial charge is 0.0581 e. The summed E-state index contributed by atoms with van der Waals surface area (Å²) in [5, 5.41) is 0. The Balaban J connectivity index is 2.27. The zero-order chi connectivity index (χ0) is 14.7. The first kappa shape index (κ1) is 15.5. The first-order valence-corrected chi connectivity index (χ1v) is 7.68. The van der Waals surface area contributed by atoms with Crippen LogP contribution in [0.3, 0.4) is 0 Å². The van der Waals surface area contributed by atoms with Gasteiger partial charge in [0.25, 0.3) is 0 Å². The van der Waals surface area contributed by atoms with Gasteiger partial charge in [-0.05, 0) is 56.8 Å². The lowest BCUT2D eigenvalue weighted by Crippen LogP contribution is -2.16. The van der Waals surface area contributed by atoms with Gasteiger partial charge in [-0.15, -0.1) is 0 Å². The molecule has 0 N–H and O–H groups in total. The molecule has 0 amide bonds. The Labute approximate surface area is 123 Å². The number of pyridine rings is 1. The second kappa shape index (κ2) is 6.68. The van der Waals surface area contributed by atoms with E-state index < -0.39 is 0 Å². The monoisotopic (exact) mass is 276 g/mol. The Morgan fingerprint density at radius 3 is 2.60 bits per heavy atom. The van der Waals surface area contributed by atoms with Crippen molar-refractivity contribution in [3.8, 4) is 0 Å². The van der Waals surface area contributed by atoms with Gasteiger partial charge >= 0.3 is 0 Å². The highest BCUT2D eigenvalue weighted by Crippen LogP contribution is 2.37. The zero-order valence-electron chi connectivity index (χ0n) is 13.5. The molecule has 0 aromatic carbocycles. The Kier molecular flexibility index (Phi) is 5.17. The molecule has 1 aromatic rings. The van der Waals surface area contributed by atoms with Crippen LogP contribution in [-0.2, 0) is 11.3 Å². The van der Waals surface area contributed by atoms with Crippen molar-refractivity contribution in [3.05, 3.63) is 29.1 Å². The first-order valence-electron chi connectivity index (χ1n) is 7.68. The van der Waals surface area contributed by atoms with E-state index in [-0.39, 0.29) is 0 Å². The maximum atomic E-state index is 5.51. The Morgan fingerprint density at radius 1 is 1.30 bits per heavy atom. The summed E-state index contributed by atoms with van der Waals surface area (Å²) < 4.78 is 5.51. The second-order valence-corrected chi connectivity index (χ2v) is 6.53. The lowest BCUT2D eigenvalue weighted by Gasteiger charge is -2.19. The van der Waals surface area contributed by atoms with Gasteiger partial charge in [-0.25, -0.2) is 0 Å². The highest BCUT2D eigenvalue weighted by atomic mass is 16.5. The van der Waals surface area contributed by atoms with Crippen LogP contribution in [0.5, 0.6) is 0 Å². The summed E-state index contributed by atoms with van der Waals surface area (Å²) >= 11 is 0. The predicted molar refractivity (Wildman–Crippen MR) is 83.1 cm³/mol. The van der Waals surface area contributed by atoms with Crippen molar-refractivity contribution in [1.82, 2.24) is 9.88 Å². The van der Waals surface area contributed by atoms with Crippen molar-refractivity contribution in [2.45, 2.75) is 57.6 Å². The SMILES string of the molecule is CO[C@H]1CC[C@@H](c2ccc(C(C)C)nc2CN(C)C)C1. The molecule has 0 aliphatic heterocycles. The van der Waals surface area contributed by atoms with Crippen molar-refractivity contribution in [2.75, 3.05) is 21.2 Å². The van der Waals surface area contributed by atoms with Crippen LogP contribution in [0.15, 0.2) is 12.1 Å². The number of hydrogen-bond donors (Lipinski definition) is 0. The van der Waals surface area contributed by atoms with E-state index in [4.69, 9.17) is 9.72 Å². The Hall–Kier alpha value is -0.930. The fourth-order valence-corrected chi connectivity index (χ4v) is 3.09. The van der Waals surface area contributed by atoms with Crippen molar-refractivity contribution in [1.29, 1.82) is 0 Å². The minimum Gasteiger partial charge on any atom is -0.381 e. The van der Waals surface area contributed by atoms with Crippen molar-refractivity contribution >= 4 is 0 Å². The van der Waals surface area contributed by atoms with E-state index in [1.54, 1.807) is 0 Å². The minimum atomic E-state index is 0.428. The average molecular weight is 276 g/mol. The topological polar surface area (TPSA) is 25.4 Å². The van der Waals surface area contributed by atoms with Gasteiger partial charge in [0.1, 0.15) is 0 Å². The molecule has 3 nitrogen and oxygen atoms in total. The number of methoxy groups -OCH3 is 1. The molecule has 3 heteroatoms. The van der Waals surface area contributed by atoms with Crippen LogP contribution in [0.2, 0.25) is 0 Å². The number of nitrogens with zero attached hydrogens (tertiary/aromatic N) is 2. The molecule has 2 rings (SSSR count). The fourth-order valence-electron chi connectivity index (χ4n) is 3.09. The largest absolute Gasteiger partial charge is 0.381 e. The third-order valence-corrected chi connectivity index (χ3v) is 4.25. The van der Waals surface area contributed by atoms with Crippen LogP contribution in [0, 0.1) is 0 Å². The highest BCUT2D eigenvalue weighted by molar-refractivity contribution is 5.29. The highest BCUT2D eigenvalue weighted by Gasteiger charge is 2.28. The molecule has 112 valence electrons. The third kappa shape index (κ3) is 3.58. The summed E-state index contributed by atoms with van der Waals surface area (Å²) in [5.74, 6) is 1.10. The van der Waals surface area contributed by atoms with E-state index in [9.17, 15) is 0 Å². The van der Waals surface area contributed by atoms with Gasteiger partial charge in [0.05, 0.1) is 11.8 Å². The van der Waals surface area contributed by atoms with E-state index in [1.807, 2.05) is 7.11 Å². The molecule has 1 saturated carbocycles. The molecule has 2 atom stereocenters. The normalized spacial score (nSPS) is 22.9. The first-order chi connectivity index (χ1) is 9.51. The van der Waals surface area contributed by atoms with Crippen LogP contribution in [0.1, 0.15) is 61.9 Å². The fraction of sp³-hybridized carbons (Fsp3) is 0.706. The standard InChI is InChI=1S/C17H28N2O/c1-12(2)16-9-8-15(17(18-16)11-19(3)4)13-6-7-14(10-13)20-5/h8-9,12-14H,6-7,10-11H2,1-5H3/t13-,14+/m1/s1. The van der Waals surface area contributed by atoms with Crippen LogP contribution in [0.25, 0.3) is 0 Å². The Morgan fingerprint density at radius 2 is 2.05 bits per heavy atom. The maximum absolute atomic E-state index is 5.51. The molecule has 0 unspecified atom stereocenters. The summed E-state index contributed by atoms with van der Waals surface area (Å²) in [6.07, 6.45) is 3.97. The summed E-state index contributed by atoms with van der Waals surface area (Å²) in [7, 11) is 6.05. The van der Waals surface area contributed by atoms with E-state index in [2.05, 4.69) is 45.0 Å². The summed E-state index contributed by atoms with van der Waals surface area (Å²) in [6, 6.07) is 4.52. The summed E-state index contributed by atoms with van der Waals surface area (Å²) in [4.78, 5) is 7.13. The van der Waals surface area contributed by atoms with Gasteiger partial charge in [0, 0.05) is 19.3 Å². The lowest BCUT2D eigenvalue weighted by atomic mass is 9.94. The van der Waals surface area contributed by atoms with Crippen molar-refractivity contribution < 1.29 is 4.74 Å². The summed E-state index contributed by atoms with van der Waals surface area (Å²) in [6.45, 7) is 5.33. The molecule has 1 aliphatic rings. The van der Waals surface area contributed by atoms with Gasteiger partial charge < -0.3 is 9.64 Å². The quantitative estimate of drug-likeness (QED) is 0.822. The second-order valence-electron chi connectivity index (χ2n) is 6.53. The number of aromatic nitrogens is 1. The third-order valence-electron chi connectivity index (χ3n) is 4.25. The lowest BCUT2D eigenvalue weighted by molar-refractivity contribution is 0.108. The molecule has 0 spiro atoms. The minimum absolute atomic E-state index is 0.428. The van der Waals surface area contributed by atoms with Crippen LogP contribution in [-0.4, -0.2) is 37.2 Å². The van der Waals surface area contributed by atoms with Crippen LogP contribution >= 0.6 is 0 Å². The maximum Gasteiger partial charge on any atom is 0.0581 e. The molecule has 20 heavy (non-hydrogen) atoms. The number of rotatable bonds is 5. The molecule has 1 aliphatic carbocycles.